The van der Waals surface area contributed by atoms with Crippen LogP contribution in [-0.2, 0) is 4.79 Å². The van der Waals surface area contributed by atoms with Crippen LogP contribution in [0.4, 0.5) is 10.1 Å². The third-order valence-electron chi connectivity index (χ3n) is 2.66. The van der Waals surface area contributed by atoms with Crippen molar-refractivity contribution in [3.8, 4) is 0 Å². The van der Waals surface area contributed by atoms with Crippen molar-refractivity contribution in [2.75, 3.05) is 11.1 Å². The molecule has 1 aliphatic heterocycles. The molecule has 1 atom stereocenters. The van der Waals surface area contributed by atoms with Gasteiger partial charge < -0.3 is 5.32 Å². The zero-order chi connectivity index (χ0) is 12.3. The lowest BCUT2D eigenvalue weighted by Gasteiger charge is -2.20. The van der Waals surface area contributed by atoms with Crippen LogP contribution in [0, 0.1) is 5.82 Å². The summed E-state index contributed by atoms with van der Waals surface area (Å²) in [5.41, 5.74) is 0.549. The molecular weight excluding hydrogens is 261 g/mol. The number of halogens is 2. The van der Waals surface area contributed by atoms with E-state index in [0.717, 1.165) is 18.6 Å². The zero-order valence-electron chi connectivity index (χ0n) is 9.21. The Bertz CT molecular complexity index is 421. The van der Waals surface area contributed by atoms with Crippen molar-refractivity contribution < 1.29 is 9.18 Å². The molecule has 17 heavy (non-hydrogen) atoms. The highest BCUT2D eigenvalue weighted by Crippen LogP contribution is 2.27. The molecule has 1 aromatic carbocycles. The van der Waals surface area contributed by atoms with E-state index in [1.807, 2.05) is 0 Å². The van der Waals surface area contributed by atoms with E-state index in [9.17, 15) is 9.18 Å². The van der Waals surface area contributed by atoms with Gasteiger partial charge in [0.2, 0.25) is 5.91 Å². The molecule has 2 rings (SSSR count). The Balaban J connectivity index is 1.99. The summed E-state index contributed by atoms with van der Waals surface area (Å²) < 4.78 is 12.9. The SMILES string of the molecule is O=C(Nc1ccc(F)c(Cl)c1)C1CCCCS1. The van der Waals surface area contributed by atoms with Gasteiger partial charge in [0.05, 0.1) is 10.3 Å². The lowest BCUT2D eigenvalue weighted by molar-refractivity contribution is -0.115. The highest BCUT2D eigenvalue weighted by atomic mass is 35.5. The summed E-state index contributed by atoms with van der Waals surface area (Å²) in [5.74, 6) is 0.538. The Labute approximate surface area is 109 Å². The number of benzene rings is 1. The molecule has 0 aliphatic carbocycles. The summed E-state index contributed by atoms with van der Waals surface area (Å²) in [7, 11) is 0. The van der Waals surface area contributed by atoms with Crippen molar-refractivity contribution in [2.45, 2.75) is 24.5 Å². The van der Waals surface area contributed by atoms with E-state index in [0.29, 0.717) is 5.69 Å². The molecule has 1 fully saturated rings. The van der Waals surface area contributed by atoms with Gasteiger partial charge in [0.25, 0.3) is 0 Å². The minimum absolute atomic E-state index is 0.00702. The number of hydrogen-bond donors (Lipinski definition) is 1. The monoisotopic (exact) mass is 273 g/mol. The standard InChI is InChI=1S/C12H13ClFNOS/c13-9-7-8(4-5-10(9)14)15-12(16)11-3-1-2-6-17-11/h4-5,7,11H,1-3,6H2,(H,15,16). The number of thioether (sulfide) groups is 1. The third kappa shape index (κ3) is 3.36. The first kappa shape index (κ1) is 12.7. The van der Waals surface area contributed by atoms with E-state index in [-0.39, 0.29) is 16.2 Å². The van der Waals surface area contributed by atoms with Crippen molar-refractivity contribution in [3.05, 3.63) is 29.0 Å². The molecule has 0 bridgehead atoms. The van der Waals surface area contributed by atoms with Crippen LogP contribution >= 0.6 is 23.4 Å². The molecule has 1 saturated heterocycles. The number of carbonyl (C=O) groups excluding carboxylic acids is 1. The summed E-state index contributed by atoms with van der Waals surface area (Å²) >= 11 is 7.33. The van der Waals surface area contributed by atoms with Crippen LogP contribution in [0.25, 0.3) is 0 Å². The molecular formula is C12H13ClFNOS. The molecule has 1 amide bonds. The van der Waals surface area contributed by atoms with Crippen molar-refractivity contribution in [1.82, 2.24) is 0 Å². The number of rotatable bonds is 2. The topological polar surface area (TPSA) is 29.1 Å². The van der Waals surface area contributed by atoms with Crippen LogP contribution in [0.3, 0.4) is 0 Å². The second-order valence-electron chi connectivity index (χ2n) is 3.97. The number of anilines is 1. The molecule has 2 nitrogen and oxygen atoms in total. The van der Waals surface area contributed by atoms with Gasteiger partial charge in [0.15, 0.2) is 0 Å². The molecule has 1 aliphatic rings. The summed E-state index contributed by atoms with van der Waals surface area (Å²) in [6, 6.07) is 4.21. The Morgan fingerprint density at radius 2 is 2.29 bits per heavy atom. The molecule has 0 radical (unpaired) electrons. The Morgan fingerprint density at radius 3 is 2.94 bits per heavy atom. The van der Waals surface area contributed by atoms with Crippen molar-refractivity contribution in [2.24, 2.45) is 0 Å². The maximum atomic E-state index is 12.9. The molecule has 92 valence electrons. The van der Waals surface area contributed by atoms with Crippen LogP contribution in [0.2, 0.25) is 5.02 Å². The average molecular weight is 274 g/mol. The van der Waals surface area contributed by atoms with Gasteiger partial charge in [-0.3, -0.25) is 4.79 Å². The zero-order valence-corrected chi connectivity index (χ0v) is 10.8. The van der Waals surface area contributed by atoms with Gasteiger partial charge in [-0.2, -0.15) is 0 Å². The normalized spacial score (nSPS) is 20.0. The second kappa shape index (κ2) is 5.74. The predicted molar refractivity (Wildman–Crippen MR) is 70.1 cm³/mol. The van der Waals surface area contributed by atoms with Crippen LogP contribution < -0.4 is 5.32 Å². The van der Waals surface area contributed by atoms with Crippen LogP contribution in [0.1, 0.15) is 19.3 Å². The van der Waals surface area contributed by atoms with Crippen molar-refractivity contribution in [1.29, 1.82) is 0 Å². The number of carbonyl (C=O) groups is 1. The van der Waals surface area contributed by atoms with Gasteiger partial charge in [-0.05, 0) is 36.8 Å². The Hall–Kier alpha value is -0.740. The second-order valence-corrected chi connectivity index (χ2v) is 5.69. The van der Waals surface area contributed by atoms with Gasteiger partial charge in [-0.25, -0.2) is 4.39 Å². The molecule has 0 aromatic heterocycles. The molecule has 1 N–H and O–H groups in total. The number of nitrogens with one attached hydrogen (secondary N) is 1. The van der Waals surface area contributed by atoms with Gasteiger partial charge in [-0.15, -0.1) is 11.8 Å². The highest BCUT2D eigenvalue weighted by Gasteiger charge is 2.21. The minimum Gasteiger partial charge on any atom is -0.325 e. The van der Waals surface area contributed by atoms with E-state index >= 15 is 0 Å². The first-order valence-electron chi connectivity index (χ1n) is 5.54. The molecule has 0 saturated carbocycles. The summed E-state index contributed by atoms with van der Waals surface area (Å²) in [5, 5.41) is 2.80. The summed E-state index contributed by atoms with van der Waals surface area (Å²) in [6.45, 7) is 0. The first-order chi connectivity index (χ1) is 8.16. The fourth-order valence-corrected chi connectivity index (χ4v) is 3.12. The fraction of sp³-hybridized carbons (Fsp3) is 0.417. The van der Waals surface area contributed by atoms with Gasteiger partial charge in [0, 0.05) is 5.69 Å². The van der Waals surface area contributed by atoms with Crippen LogP contribution in [0.5, 0.6) is 0 Å². The molecule has 1 aromatic rings. The third-order valence-corrected chi connectivity index (χ3v) is 4.33. The maximum absolute atomic E-state index is 12.9. The lowest BCUT2D eigenvalue weighted by atomic mass is 10.2. The maximum Gasteiger partial charge on any atom is 0.237 e. The molecule has 1 heterocycles. The van der Waals surface area contributed by atoms with Crippen molar-refractivity contribution >= 4 is 35.0 Å². The largest absolute Gasteiger partial charge is 0.325 e. The van der Waals surface area contributed by atoms with Gasteiger partial charge >= 0.3 is 0 Å². The van der Waals surface area contributed by atoms with Crippen LogP contribution in [-0.4, -0.2) is 16.9 Å². The Morgan fingerprint density at radius 1 is 1.47 bits per heavy atom. The van der Waals surface area contributed by atoms with Gasteiger partial charge in [-0.1, -0.05) is 18.0 Å². The smallest absolute Gasteiger partial charge is 0.237 e. The van der Waals surface area contributed by atoms with Crippen molar-refractivity contribution in [3.63, 3.8) is 0 Å². The number of hydrogen-bond acceptors (Lipinski definition) is 2. The summed E-state index contributed by atoms with van der Waals surface area (Å²) in [4.78, 5) is 11.9. The average Bonchev–Trinajstić information content (AvgIpc) is 2.35. The first-order valence-corrected chi connectivity index (χ1v) is 6.97. The molecule has 5 heteroatoms. The minimum atomic E-state index is -0.475. The molecule has 0 spiro atoms. The van der Waals surface area contributed by atoms with E-state index < -0.39 is 5.82 Å². The van der Waals surface area contributed by atoms with E-state index in [1.165, 1.54) is 24.6 Å². The van der Waals surface area contributed by atoms with Crippen LogP contribution in [0.15, 0.2) is 18.2 Å². The molecule has 1 unspecified atom stereocenters. The summed E-state index contributed by atoms with van der Waals surface area (Å²) in [6.07, 6.45) is 3.18. The van der Waals surface area contributed by atoms with E-state index in [4.69, 9.17) is 11.6 Å². The lowest BCUT2D eigenvalue weighted by Crippen LogP contribution is -2.27. The van der Waals surface area contributed by atoms with E-state index in [1.54, 1.807) is 11.8 Å². The van der Waals surface area contributed by atoms with Gasteiger partial charge in [0.1, 0.15) is 5.82 Å². The van der Waals surface area contributed by atoms with E-state index in [2.05, 4.69) is 5.32 Å². The Kier molecular flexibility index (Phi) is 4.29. The quantitative estimate of drug-likeness (QED) is 0.890. The number of amides is 1. The predicted octanol–water partition coefficient (Wildman–Crippen LogP) is 3.70. The fourth-order valence-electron chi connectivity index (χ4n) is 1.74. The highest BCUT2D eigenvalue weighted by molar-refractivity contribution is 8.00.